The van der Waals surface area contributed by atoms with E-state index in [4.69, 9.17) is 16.3 Å². The van der Waals surface area contributed by atoms with Crippen molar-refractivity contribution < 1.29 is 13.2 Å². The van der Waals surface area contributed by atoms with E-state index >= 15 is 0 Å². The second-order valence-electron chi connectivity index (χ2n) is 4.25. The van der Waals surface area contributed by atoms with E-state index in [0.717, 1.165) is 0 Å². The molecule has 0 aliphatic carbocycles. The molecule has 7 heteroatoms. The van der Waals surface area contributed by atoms with Crippen molar-refractivity contribution in [2.24, 2.45) is 0 Å². The third kappa shape index (κ3) is 3.27. The predicted octanol–water partition coefficient (Wildman–Crippen LogP) is 1.77. The van der Waals surface area contributed by atoms with Gasteiger partial charge in [0.05, 0.1) is 23.1 Å². The molecular weight excluding hydrogens is 300 g/mol. The zero-order chi connectivity index (χ0) is 14.6. The highest BCUT2D eigenvalue weighted by molar-refractivity contribution is 7.89. The fraction of sp³-hybridized carbons (Fsp3) is 0.308. The van der Waals surface area contributed by atoms with E-state index in [1.54, 1.807) is 36.5 Å². The molecule has 2 aromatic rings. The molecule has 1 N–H and O–H groups in total. The van der Waals surface area contributed by atoms with Crippen LogP contribution in [0.1, 0.15) is 0 Å². The molecule has 1 aromatic carbocycles. The smallest absolute Gasteiger partial charge is 0.241 e. The van der Waals surface area contributed by atoms with Crippen LogP contribution in [-0.4, -0.2) is 39.0 Å². The van der Waals surface area contributed by atoms with Crippen LogP contribution in [0, 0.1) is 0 Å². The second-order valence-corrected chi connectivity index (χ2v) is 6.25. The summed E-state index contributed by atoms with van der Waals surface area (Å²) in [5, 5.41) is 0.577. The quantitative estimate of drug-likeness (QED) is 0.825. The third-order valence-corrected chi connectivity index (χ3v) is 4.72. The molecule has 0 amide bonds. The van der Waals surface area contributed by atoms with Gasteiger partial charge in [-0.1, -0.05) is 6.07 Å². The van der Waals surface area contributed by atoms with Crippen LogP contribution in [0.4, 0.5) is 0 Å². The zero-order valence-corrected chi connectivity index (χ0v) is 12.5. The first-order valence-corrected chi connectivity index (χ1v) is 8.01. The second kappa shape index (κ2) is 6.49. The summed E-state index contributed by atoms with van der Waals surface area (Å²) in [5.41, 5.74) is 0.629. The normalized spacial score (nSPS) is 13.5. The van der Waals surface area contributed by atoms with Gasteiger partial charge in [0.25, 0.3) is 0 Å². The number of nitrogens with one attached hydrogen (secondary N) is 1. The van der Waals surface area contributed by atoms with Crippen LogP contribution in [0.15, 0.2) is 41.4 Å². The van der Waals surface area contributed by atoms with Crippen LogP contribution >= 0.6 is 11.6 Å². The number of benzene rings is 1. The highest BCUT2D eigenvalue weighted by Gasteiger charge is 2.21. The van der Waals surface area contributed by atoms with Gasteiger partial charge in [0.2, 0.25) is 10.0 Å². The highest BCUT2D eigenvalue weighted by Crippen LogP contribution is 2.21. The summed E-state index contributed by atoms with van der Waals surface area (Å²) in [7, 11) is -2.18. The Morgan fingerprint density at radius 1 is 1.35 bits per heavy atom. The minimum atomic E-state index is -3.67. The summed E-state index contributed by atoms with van der Waals surface area (Å²) >= 11 is 5.74. The lowest BCUT2D eigenvalue weighted by molar-refractivity contribution is 0.181. The van der Waals surface area contributed by atoms with Crippen LogP contribution in [-0.2, 0) is 14.8 Å². The fourth-order valence-electron chi connectivity index (χ4n) is 1.90. The van der Waals surface area contributed by atoms with E-state index in [9.17, 15) is 8.42 Å². The monoisotopic (exact) mass is 314 g/mol. The lowest BCUT2D eigenvalue weighted by Gasteiger charge is -2.16. The molecular formula is C13H15ClN2O3S. The van der Waals surface area contributed by atoms with Gasteiger partial charge in [0, 0.05) is 24.6 Å². The first-order chi connectivity index (χ1) is 9.58. The average molecular weight is 315 g/mol. The van der Waals surface area contributed by atoms with E-state index in [0.29, 0.717) is 10.9 Å². The Morgan fingerprint density at radius 3 is 2.85 bits per heavy atom. The van der Waals surface area contributed by atoms with E-state index in [-0.39, 0.29) is 17.4 Å². The summed E-state index contributed by atoms with van der Waals surface area (Å²) < 4.78 is 32.4. The van der Waals surface area contributed by atoms with E-state index in [1.807, 2.05) is 0 Å². The first-order valence-electron chi connectivity index (χ1n) is 5.99. The van der Waals surface area contributed by atoms with Gasteiger partial charge in [-0.2, -0.15) is 0 Å². The Balaban J connectivity index is 2.41. The lowest BCUT2D eigenvalue weighted by atomic mass is 10.2. The van der Waals surface area contributed by atoms with Crippen LogP contribution in [0.5, 0.6) is 0 Å². The number of methoxy groups -OCH3 is 1. The zero-order valence-electron chi connectivity index (χ0n) is 10.9. The number of halogens is 1. The molecule has 0 saturated carbocycles. The summed E-state index contributed by atoms with van der Waals surface area (Å²) in [6.45, 7) is 0.214. The summed E-state index contributed by atoms with van der Waals surface area (Å²) in [4.78, 5) is 4.34. The standard InChI is InChI=1S/C13H15ClN2O3S/c1-19-9-10(8-14)16-20(17,18)13-6-2-5-12-11(13)4-3-7-15-12/h2-7,10,16H,8-9H2,1H3. The number of sulfonamides is 1. The minimum Gasteiger partial charge on any atom is -0.383 e. The topological polar surface area (TPSA) is 68.3 Å². The third-order valence-electron chi connectivity index (χ3n) is 2.77. The Bertz CT molecular complexity index is 686. The molecule has 0 spiro atoms. The molecule has 5 nitrogen and oxygen atoms in total. The van der Waals surface area contributed by atoms with Crippen LogP contribution in [0.25, 0.3) is 10.9 Å². The van der Waals surface area contributed by atoms with Crippen molar-refractivity contribution in [2.45, 2.75) is 10.9 Å². The van der Waals surface area contributed by atoms with Crippen molar-refractivity contribution in [2.75, 3.05) is 19.6 Å². The van der Waals surface area contributed by atoms with Crippen molar-refractivity contribution in [1.82, 2.24) is 9.71 Å². The van der Waals surface area contributed by atoms with Crippen molar-refractivity contribution in [3.05, 3.63) is 36.5 Å². The predicted molar refractivity (Wildman–Crippen MR) is 78.4 cm³/mol. The van der Waals surface area contributed by atoms with Crippen LogP contribution < -0.4 is 4.72 Å². The number of fused-ring (bicyclic) bond motifs is 1. The van der Waals surface area contributed by atoms with Gasteiger partial charge >= 0.3 is 0 Å². The Labute approximate surface area is 123 Å². The molecule has 1 heterocycles. The van der Waals surface area contributed by atoms with Gasteiger partial charge in [0.1, 0.15) is 0 Å². The average Bonchev–Trinajstić information content (AvgIpc) is 2.46. The molecule has 2 rings (SSSR count). The Kier molecular flexibility index (Phi) is 4.93. The number of aromatic nitrogens is 1. The molecule has 0 radical (unpaired) electrons. The molecule has 1 unspecified atom stereocenters. The Morgan fingerprint density at radius 2 is 2.15 bits per heavy atom. The van der Waals surface area contributed by atoms with E-state index in [2.05, 4.69) is 9.71 Å². The molecule has 0 aliphatic rings. The van der Waals surface area contributed by atoms with Gasteiger partial charge in [-0.15, -0.1) is 11.6 Å². The van der Waals surface area contributed by atoms with Crippen molar-refractivity contribution in [3.8, 4) is 0 Å². The number of hydrogen-bond acceptors (Lipinski definition) is 4. The maximum absolute atomic E-state index is 12.4. The molecule has 0 bridgehead atoms. The van der Waals surface area contributed by atoms with Crippen molar-refractivity contribution in [1.29, 1.82) is 0 Å². The van der Waals surface area contributed by atoms with Crippen LogP contribution in [0.3, 0.4) is 0 Å². The van der Waals surface area contributed by atoms with Gasteiger partial charge in [-0.05, 0) is 24.3 Å². The van der Waals surface area contributed by atoms with Crippen molar-refractivity contribution >= 4 is 32.5 Å². The number of nitrogens with zero attached hydrogens (tertiary/aromatic N) is 1. The number of alkyl halides is 1. The highest BCUT2D eigenvalue weighted by atomic mass is 35.5. The molecule has 1 aromatic heterocycles. The first kappa shape index (κ1) is 15.2. The molecule has 1 atom stereocenters. The van der Waals surface area contributed by atoms with Gasteiger partial charge in [-0.25, -0.2) is 13.1 Å². The number of hydrogen-bond donors (Lipinski definition) is 1. The summed E-state index contributed by atoms with van der Waals surface area (Å²) in [6.07, 6.45) is 1.62. The molecule has 108 valence electrons. The molecule has 0 fully saturated rings. The number of pyridine rings is 1. The van der Waals surface area contributed by atoms with Crippen molar-refractivity contribution in [3.63, 3.8) is 0 Å². The van der Waals surface area contributed by atoms with Gasteiger partial charge < -0.3 is 4.74 Å². The van der Waals surface area contributed by atoms with Gasteiger partial charge in [-0.3, -0.25) is 4.98 Å². The fourth-order valence-corrected chi connectivity index (χ4v) is 3.60. The Hall–Kier alpha value is -1.21. The van der Waals surface area contributed by atoms with Crippen LogP contribution in [0.2, 0.25) is 0 Å². The molecule has 20 heavy (non-hydrogen) atoms. The SMILES string of the molecule is COCC(CCl)NS(=O)(=O)c1cccc2ncccc12. The van der Waals surface area contributed by atoms with Gasteiger partial charge in [0.15, 0.2) is 0 Å². The maximum Gasteiger partial charge on any atom is 0.241 e. The minimum absolute atomic E-state index is 0.135. The lowest BCUT2D eigenvalue weighted by Crippen LogP contribution is -2.39. The number of ether oxygens (including phenoxy) is 1. The van der Waals surface area contributed by atoms with E-state index in [1.165, 1.54) is 7.11 Å². The maximum atomic E-state index is 12.4. The van der Waals surface area contributed by atoms with E-state index < -0.39 is 16.1 Å². The molecule has 0 saturated heterocycles. The molecule has 0 aliphatic heterocycles. The summed E-state index contributed by atoms with van der Waals surface area (Å²) in [6, 6.07) is 7.93. The largest absolute Gasteiger partial charge is 0.383 e. The summed E-state index contributed by atoms with van der Waals surface area (Å²) in [5.74, 6) is 0.135. The number of rotatable bonds is 6.